The fourth-order valence-electron chi connectivity index (χ4n) is 8.44. The number of amidine groups is 1. The maximum Gasteiger partial charge on any atom is 0.137 e. The SMILES string of the molecule is C1=CSC(C2(C3NCCS3)C(N3CCNC3)=NC(N3CCSCC3)C2(N2CCCC2)N2CCNCC2)CC1. The third-order valence-corrected chi connectivity index (χ3v) is 13.4. The largest absolute Gasteiger partial charge is 0.346 e. The minimum Gasteiger partial charge on any atom is -0.346 e. The van der Waals surface area contributed by atoms with Crippen molar-refractivity contribution in [2.75, 3.05) is 95.9 Å². The molecular weight excluding hydrogens is 533 g/mol. The predicted molar refractivity (Wildman–Crippen MR) is 164 cm³/mol. The summed E-state index contributed by atoms with van der Waals surface area (Å²) < 4.78 is 0. The number of nitrogens with one attached hydrogen (secondary N) is 3. The van der Waals surface area contributed by atoms with Gasteiger partial charge in [0.05, 0.1) is 17.5 Å². The first-order valence-corrected chi connectivity index (χ1v) is 18.2. The summed E-state index contributed by atoms with van der Waals surface area (Å²) in [5, 5.41) is 14.9. The van der Waals surface area contributed by atoms with Crippen molar-refractivity contribution in [3.63, 3.8) is 0 Å². The van der Waals surface area contributed by atoms with Crippen LogP contribution in [-0.2, 0) is 0 Å². The van der Waals surface area contributed by atoms with Gasteiger partial charge in [-0.1, -0.05) is 6.08 Å². The Morgan fingerprint density at radius 2 is 1.66 bits per heavy atom. The van der Waals surface area contributed by atoms with E-state index >= 15 is 0 Å². The molecule has 38 heavy (non-hydrogen) atoms. The number of allylic oxidation sites excluding steroid dienone is 1. The van der Waals surface area contributed by atoms with Gasteiger partial charge in [0, 0.05) is 94.5 Å². The molecule has 5 fully saturated rings. The molecule has 0 bridgehead atoms. The highest BCUT2D eigenvalue weighted by molar-refractivity contribution is 8.03. The van der Waals surface area contributed by atoms with Gasteiger partial charge in [-0.05, 0) is 31.1 Å². The number of piperazine rings is 1. The molecule has 5 saturated heterocycles. The summed E-state index contributed by atoms with van der Waals surface area (Å²) in [6, 6.07) is 0. The summed E-state index contributed by atoms with van der Waals surface area (Å²) >= 11 is 6.46. The van der Waals surface area contributed by atoms with Crippen LogP contribution in [0.15, 0.2) is 16.5 Å². The van der Waals surface area contributed by atoms with Crippen LogP contribution in [0, 0.1) is 5.41 Å². The van der Waals surface area contributed by atoms with Crippen LogP contribution < -0.4 is 16.0 Å². The molecule has 11 heteroatoms. The number of nitrogens with zero attached hydrogens (tertiary/aromatic N) is 5. The molecule has 8 nitrogen and oxygen atoms in total. The molecule has 7 aliphatic rings. The van der Waals surface area contributed by atoms with Gasteiger partial charge in [-0.15, -0.1) is 23.5 Å². The Labute approximate surface area is 241 Å². The van der Waals surface area contributed by atoms with E-state index in [1.54, 1.807) is 0 Å². The zero-order valence-corrected chi connectivity index (χ0v) is 25.2. The van der Waals surface area contributed by atoms with Crippen LogP contribution in [0.25, 0.3) is 0 Å². The molecule has 5 unspecified atom stereocenters. The molecule has 7 rings (SSSR count). The first kappa shape index (κ1) is 26.9. The molecule has 0 aromatic rings. The number of thioether (sulfide) groups is 3. The Bertz CT molecular complexity index is 876. The standard InChI is InChI=1S/C27H46N8S3/c1-4-17-37-22(5-1)26(25-30-9-18-38-25)23(33-12-6-29-21-33)31-24(32-15-19-36-20-16-32)27(26,34-10-2-3-11-34)35-13-7-28-8-14-35/h4,17,22,24-25,28-30H,1-3,5-16,18-21H2. The average Bonchev–Trinajstić information content (AvgIpc) is 3.81. The summed E-state index contributed by atoms with van der Waals surface area (Å²) in [4.78, 5) is 17.5. The van der Waals surface area contributed by atoms with Crippen LogP contribution in [-0.4, -0.2) is 144 Å². The predicted octanol–water partition coefficient (Wildman–Crippen LogP) is 1.39. The van der Waals surface area contributed by atoms with E-state index in [1.165, 1.54) is 61.9 Å². The van der Waals surface area contributed by atoms with Gasteiger partial charge in [-0.2, -0.15) is 11.8 Å². The number of hydrogen-bond donors (Lipinski definition) is 3. The van der Waals surface area contributed by atoms with E-state index in [-0.39, 0.29) is 17.2 Å². The van der Waals surface area contributed by atoms with Gasteiger partial charge in [-0.3, -0.25) is 20.0 Å². The molecule has 7 aliphatic heterocycles. The van der Waals surface area contributed by atoms with Crippen molar-refractivity contribution in [2.45, 2.75) is 48.1 Å². The third-order valence-electron chi connectivity index (χ3n) is 9.90. The molecule has 0 radical (unpaired) electrons. The highest BCUT2D eigenvalue weighted by Gasteiger charge is 2.75. The molecular formula is C27H46N8S3. The van der Waals surface area contributed by atoms with Crippen LogP contribution in [0.2, 0.25) is 0 Å². The first-order chi connectivity index (χ1) is 18.9. The van der Waals surface area contributed by atoms with E-state index in [2.05, 4.69) is 82.3 Å². The number of aliphatic imine (C=N–C) groups is 1. The number of rotatable bonds is 5. The molecule has 5 atom stereocenters. The normalized spacial score (nSPS) is 41.8. The van der Waals surface area contributed by atoms with Crippen molar-refractivity contribution in [3.8, 4) is 0 Å². The highest BCUT2D eigenvalue weighted by Crippen LogP contribution is 2.61. The lowest BCUT2D eigenvalue weighted by Crippen LogP contribution is -2.82. The van der Waals surface area contributed by atoms with Crippen LogP contribution in [0.3, 0.4) is 0 Å². The molecule has 3 N–H and O–H groups in total. The zero-order valence-electron chi connectivity index (χ0n) is 22.8. The van der Waals surface area contributed by atoms with Gasteiger partial charge >= 0.3 is 0 Å². The smallest absolute Gasteiger partial charge is 0.137 e. The summed E-state index contributed by atoms with van der Waals surface area (Å²) in [7, 11) is 0. The van der Waals surface area contributed by atoms with E-state index in [0.717, 1.165) is 65.6 Å². The molecule has 0 spiro atoms. The molecule has 0 aromatic carbocycles. The second-order valence-corrected chi connectivity index (χ2v) is 15.3. The van der Waals surface area contributed by atoms with E-state index in [1.807, 2.05) is 0 Å². The second kappa shape index (κ2) is 11.7. The molecule has 212 valence electrons. The fraction of sp³-hybridized carbons (Fsp3) is 0.889. The van der Waals surface area contributed by atoms with Crippen molar-refractivity contribution in [1.29, 1.82) is 0 Å². The van der Waals surface area contributed by atoms with Gasteiger partial charge in [0.1, 0.15) is 17.7 Å². The maximum atomic E-state index is 6.07. The van der Waals surface area contributed by atoms with Gasteiger partial charge in [0.25, 0.3) is 0 Å². The third kappa shape index (κ3) is 4.24. The van der Waals surface area contributed by atoms with E-state index in [4.69, 9.17) is 4.99 Å². The Morgan fingerprint density at radius 3 is 2.34 bits per heavy atom. The number of hydrogen-bond acceptors (Lipinski definition) is 11. The lowest BCUT2D eigenvalue weighted by atomic mass is 9.67. The molecule has 0 aromatic heterocycles. The second-order valence-electron chi connectivity index (χ2n) is 11.7. The van der Waals surface area contributed by atoms with E-state index in [9.17, 15) is 0 Å². The van der Waals surface area contributed by atoms with E-state index in [0.29, 0.717) is 10.6 Å². The van der Waals surface area contributed by atoms with Crippen LogP contribution >= 0.6 is 35.3 Å². The Morgan fingerprint density at radius 1 is 0.868 bits per heavy atom. The lowest BCUT2D eigenvalue weighted by Gasteiger charge is -2.64. The summed E-state index contributed by atoms with van der Waals surface area (Å²) in [5.74, 6) is 5.09. The quantitative estimate of drug-likeness (QED) is 0.446. The minimum absolute atomic E-state index is 0.0907. The maximum absolute atomic E-state index is 6.07. The fourth-order valence-corrected chi connectivity index (χ4v) is 12.2. The summed E-state index contributed by atoms with van der Waals surface area (Å²) in [6.45, 7) is 13.3. The van der Waals surface area contributed by atoms with Crippen molar-refractivity contribution >= 4 is 41.1 Å². The van der Waals surface area contributed by atoms with Crippen molar-refractivity contribution in [3.05, 3.63) is 11.5 Å². The Hall–Kier alpha value is 0.0200. The van der Waals surface area contributed by atoms with Gasteiger partial charge in [0.15, 0.2) is 0 Å². The zero-order chi connectivity index (χ0) is 25.4. The van der Waals surface area contributed by atoms with Crippen LogP contribution in [0.4, 0.5) is 0 Å². The summed E-state index contributed by atoms with van der Waals surface area (Å²) in [5.41, 5.74) is -0.226. The van der Waals surface area contributed by atoms with Gasteiger partial charge in [-0.25, -0.2) is 4.99 Å². The van der Waals surface area contributed by atoms with Crippen LogP contribution in [0.5, 0.6) is 0 Å². The van der Waals surface area contributed by atoms with Crippen LogP contribution in [0.1, 0.15) is 25.7 Å². The summed E-state index contributed by atoms with van der Waals surface area (Å²) in [6.07, 6.45) is 7.65. The van der Waals surface area contributed by atoms with Gasteiger partial charge in [0.2, 0.25) is 0 Å². The highest BCUT2D eigenvalue weighted by atomic mass is 32.2. The monoisotopic (exact) mass is 578 g/mol. The van der Waals surface area contributed by atoms with E-state index < -0.39 is 0 Å². The lowest BCUT2D eigenvalue weighted by molar-refractivity contribution is -0.157. The molecule has 0 aliphatic carbocycles. The molecule has 7 heterocycles. The van der Waals surface area contributed by atoms with Crippen molar-refractivity contribution in [2.24, 2.45) is 10.4 Å². The Balaban J connectivity index is 1.49. The minimum atomic E-state index is -0.136. The molecule has 0 saturated carbocycles. The van der Waals surface area contributed by atoms with Crippen molar-refractivity contribution in [1.82, 2.24) is 35.6 Å². The van der Waals surface area contributed by atoms with Crippen molar-refractivity contribution < 1.29 is 0 Å². The average molecular weight is 579 g/mol. The first-order valence-electron chi connectivity index (χ1n) is 15.1. The Kier molecular flexibility index (Phi) is 8.29. The van der Waals surface area contributed by atoms with Gasteiger partial charge < -0.3 is 15.5 Å². The number of likely N-dealkylation sites (tertiary alicyclic amines) is 1. The topological polar surface area (TPSA) is 61.4 Å². The molecule has 0 amide bonds.